The van der Waals surface area contributed by atoms with Crippen LogP contribution in [0.15, 0.2) is 53.5 Å². The molecule has 2 amide bonds. The van der Waals surface area contributed by atoms with Crippen molar-refractivity contribution < 1.29 is 23.9 Å². The summed E-state index contributed by atoms with van der Waals surface area (Å²) in [5.74, 6) is -0.523. The number of benzene rings is 1. The zero-order valence-corrected chi connectivity index (χ0v) is 18.9. The standard InChI is InChI=1S/C24H25ClN2O5/c1-4-10-26-19(28)12-31-18-9-8-14(11-17(18)25)15-6-5-7-16-20(15)23-27(22(16)29)21(13(2)3)24(30)32-23/h5-9,11,13,15,21H,4,10,12H2,1-3H3,(H,26,28). The molecule has 1 fully saturated rings. The third-order valence-electron chi connectivity index (χ3n) is 5.66. The Kier molecular flexibility index (Phi) is 6.11. The Morgan fingerprint density at radius 1 is 1.31 bits per heavy atom. The number of esters is 1. The highest BCUT2D eigenvalue weighted by molar-refractivity contribution is 6.32. The zero-order chi connectivity index (χ0) is 23.0. The summed E-state index contributed by atoms with van der Waals surface area (Å²) in [5.41, 5.74) is 2.01. The van der Waals surface area contributed by atoms with Gasteiger partial charge in [0.15, 0.2) is 6.61 Å². The van der Waals surface area contributed by atoms with Crippen LogP contribution < -0.4 is 10.1 Å². The fourth-order valence-electron chi connectivity index (χ4n) is 4.16. The summed E-state index contributed by atoms with van der Waals surface area (Å²) in [5, 5.41) is 3.10. The van der Waals surface area contributed by atoms with Crippen LogP contribution in [0.25, 0.3) is 0 Å². The number of carbonyl (C=O) groups excluding carboxylic acids is 3. The predicted octanol–water partition coefficient (Wildman–Crippen LogP) is 3.46. The number of nitrogens with zero attached hydrogens (tertiary/aromatic N) is 1. The Hall–Kier alpha value is -3.06. The van der Waals surface area contributed by atoms with E-state index in [-0.39, 0.29) is 30.3 Å². The molecule has 0 spiro atoms. The van der Waals surface area contributed by atoms with Crippen molar-refractivity contribution in [1.29, 1.82) is 0 Å². The van der Waals surface area contributed by atoms with Crippen molar-refractivity contribution in [3.05, 3.63) is 64.0 Å². The van der Waals surface area contributed by atoms with Crippen molar-refractivity contribution in [3.8, 4) is 5.75 Å². The molecule has 0 aromatic heterocycles. The Morgan fingerprint density at radius 3 is 2.78 bits per heavy atom. The summed E-state index contributed by atoms with van der Waals surface area (Å²) in [4.78, 5) is 38.8. The van der Waals surface area contributed by atoms with Gasteiger partial charge in [0.05, 0.1) is 5.02 Å². The van der Waals surface area contributed by atoms with Crippen LogP contribution in [0.2, 0.25) is 5.02 Å². The first-order valence-electron chi connectivity index (χ1n) is 10.7. The number of hydrogen-bond donors (Lipinski definition) is 1. The number of carbonyl (C=O) groups is 3. The molecular weight excluding hydrogens is 432 g/mol. The third kappa shape index (κ3) is 3.81. The van der Waals surface area contributed by atoms with Crippen LogP contribution >= 0.6 is 11.6 Å². The number of allylic oxidation sites excluding steroid dienone is 3. The van der Waals surface area contributed by atoms with Crippen LogP contribution in [0.5, 0.6) is 5.75 Å². The summed E-state index contributed by atoms with van der Waals surface area (Å²) in [6.07, 6.45) is 6.35. The average molecular weight is 457 g/mol. The molecule has 0 bridgehead atoms. The van der Waals surface area contributed by atoms with Gasteiger partial charge >= 0.3 is 5.97 Å². The van der Waals surface area contributed by atoms with E-state index in [1.807, 2.05) is 39.0 Å². The third-order valence-corrected chi connectivity index (χ3v) is 5.96. The highest BCUT2D eigenvalue weighted by Gasteiger charge is 2.52. The molecule has 2 atom stereocenters. The van der Waals surface area contributed by atoms with Gasteiger partial charge in [-0.3, -0.25) is 14.5 Å². The zero-order valence-electron chi connectivity index (χ0n) is 18.2. The van der Waals surface area contributed by atoms with Crippen molar-refractivity contribution in [3.63, 3.8) is 0 Å². The van der Waals surface area contributed by atoms with Gasteiger partial charge in [-0.1, -0.05) is 50.6 Å². The van der Waals surface area contributed by atoms with E-state index >= 15 is 0 Å². The SMILES string of the molecule is CCCNC(=O)COc1ccc(C2C=CC=C3C(=O)N4C(=C32)OC(=O)C4C(C)C)cc1Cl. The highest BCUT2D eigenvalue weighted by Crippen LogP contribution is 2.47. The molecule has 168 valence electrons. The summed E-state index contributed by atoms with van der Waals surface area (Å²) >= 11 is 6.43. The topological polar surface area (TPSA) is 84.9 Å². The van der Waals surface area contributed by atoms with Crippen molar-refractivity contribution in [2.24, 2.45) is 5.92 Å². The lowest BCUT2D eigenvalue weighted by atomic mass is 9.84. The lowest BCUT2D eigenvalue weighted by Gasteiger charge is -2.20. The molecule has 0 radical (unpaired) electrons. The van der Waals surface area contributed by atoms with Crippen molar-refractivity contribution >= 4 is 29.4 Å². The Morgan fingerprint density at radius 2 is 2.09 bits per heavy atom. The molecule has 7 nitrogen and oxygen atoms in total. The fourth-order valence-corrected chi connectivity index (χ4v) is 4.40. The van der Waals surface area contributed by atoms with Gasteiger partial charge in [-0.05, 0) is 36.1 Å². The quantitative estimate of drug-likeness (QED) is 0.635. The molecule has 2 unspecified atom stereocenters. The number of rotatable bonds is 7. The maximum absolute atomic E-state index is 13.1. The number of amides is 2. The van der Waals surface area contributed by atoms with Crippen molar-refractivity contribution in [2.75, 3.05) is 13.2 Å². The molecule has 1 N–H and O–H groups in total. The average Bonchev–Trinajstić information content (AvgIpc) is 3.24. The van der Waals surface area contributed by atoms with E-state index in [2.05, 4.69) is 5.32 Å². The molecular formula is C24H25ClN2O5. The minimum atomic E-state index is -0.629. The Balaban J connectivity index is 1.60. The molecule has 32 heavy (non-hydrogen) atoms. The second kappa shape index (κ2) is 8.82. The summed E-state index contributed by atoms with van der Waals surface area (Å²) in [7, 11) is 0. The van der Waals surface area contributed by atoms with E-state index in [0.29, 0.717) is 34.3 Å². The summed E-state index contributed by atoms with van der Waals surface area (Å²) in [6, 6.07) is 4.65. The maximum atomic E-state index is 13.1. The Labute approximate surface area is 191 Å². The van der Waals surface area contributed by atoms with Gasteiger partial charge in [0.2, 0.25) is 5.88 Å². The van der Waals surface area contributed by atoms with Gasteiger partial charge in [-0.15, -0.1) is 0 Å². The lowest BCUT2D eigenvalue weighted by Crippen LogP contribution is -2.39. The molecule has 8 heteroatoms. The molecule has 2 aliphatic heterocycles. The number of ether oxygens (including phenoxy) is 2. The largest absolute Gasteiger partial charge is 0.482 e. The van der Waals surface area contributed by atoms with Crippen LogP contribution in [-0.2, 0) is 19.1 Å². The molecule has 1 saturated heterocycles. The van der Waals surface area contributed by atoms with Gasteiger partial charge < -0.3 is 14.8 Å². The molecule has 0 saturated carbocycles. The van der Waals surface area contributed by atoms with Gasteiger partial charge in [-0.25, -0.2) is 4.79 Å². The molecule has 1 aliphatic carbocycles. The minimum absolute atomic E-state index is 0.0721. The second-order valence-corrected chi connectivity index (χ2v) is 8.68. The van der Waals surface area contributed by atoms with Crippen LogP contribution in [0.4, 0.5) is 0 Å². The Bertz CT molecular complexity index is 1070. The van der Waals surface area contributed by atoms with Crippen molar-refractivity contribution in [2.45, 2.75) is 39.2 Å². The summed E-state index contributed by atoms with van der Waals surface area (Å²) in [6.45, 7) is 6.22. The first-order valence-corrected chi connectivity index (χ1v) is 11.1. The molecule has 3 aliphatic rings. The van der Waals surface area contributed by atoms with Gasteiger partial charge in [-0.2, -0.15) is 0 Å². The van der Waals surface area contributed by atoms with Gasteiger partial charge in [0, 0.05) is 23.6 Å². The molecule has 1 aromatic carbocycles. The number of halogens is 1. The van der Waals surface area contributed by atoms with Crippen LogP contribution in [0.1, 0.15) is 38.7 Å². The van der Waals surface area contributed by atoms with E-state index < -0.39 is 12.0 Å². The van der Waals surface area contributed by atoms with E-state index in [1.165, 1.54) is 4.90 Å². The van der Waals surface area contributed by atoms with E-state index in [1.54, 1.807) is 18.2 Å². The van der Waals surface area contributed by atoms with Gasteiger partial charge in [0.1, 0.15) is 11.8 Å². The first kappa shape index (κ1) is 22.1. The van der Waals surface area contributed by atoms with E-state index in [9.17, 15) is 14.4 Å². The normalized spacial score (nSPS) is 21.5. The van der Waals surface area contributed by atoms with Crippen LogP contribution in [0.3, 0.4) is 0 Å². The van der Waals surface area contributed by atoms with E-state index in [4.69, 9.17) is 21.1 Å². The fraction of sp³-hybridized carbons (Fsp3) is 0.375. The number of fused-ring (bicyclic) bond motifs is 2. The second-order valence-electron chi connectivity index (χ2n) is 8.28. The predicted molar refractivity (Wildman–Crippen MR) is 119 cm³/mol. The highest BCUT2D eigenvalue weighted by atomic mass is 35.5. The van der Waals surface area contributed by atoms with Crippen LogP contribution in [-0.4, -0.2) is 41.9 Å². The smallest absolute Gasteiger partial charge is 0.336 e. The number of hydrogen-bond acceptors (Lipinski definition) is 5. The monoisotopic (exact) mass is 456 g/mol. The number of nitrogens with one attached hydrogen (secondary N) is 1. The summed E-state index contributed by atoms with van der Waals surface area (Å²) < 4.78 is 11.1. The maximum Gasteiger partial charge on any atom is 0.336 e. The molecule has 1 aromatic rings. The molecule has 2 heterocycles. The van der Waals surface area contributed by atoms with E-state index in [0.717, 1.165) is 12.0 Å². The van der Waals surface area contributed by atoms with Crippen LogP contribution in [0, 0.1) is 5.92 Å². The first-order chi connectivity index (χ1) is 15.3. The molecule has 4 rings (SSSR count). The lowest BCUT2D eigenvalue weighted by molar-refractivity contribution is -0.139. The van der Waals surface area contributed by atoms with Crippen molar-refractivity contribution in [1.82, 2.24) is 10.2 Å². The van der Waals surface area contributed by atoms with Gasteiger partial charge in [0.25, 0.3) is 11.8 Å². The minimum Gasteiger partial charge on any atom is -0.482 e.